The van der Waals surface area contributed by atoms with E-state index in [2.05, 4.69) is 4.72 Å². The minimum absolute atomic E-state index is 0.0336. The number of hydrogen-bond donors (Lipinski definition) is 2. The number of carbonyl (C=O) groups excluding carboxylic acids is 1. The zero-order chi connectivity index (χ0) is 24.1. The molecular formula is C23H31NO7S. The number of aliphatic hydroxyl groups excluding tert-OH is 1. The zero-order valence-corrected chi connectivity index (χ0v) is 20.0. The summed E-state index contributed by atoms with van der Waals surface area (Å²) in [5.74, 6) is -0.0863. The predicted octanol–water partition coefficient (Wildman–Crippen LogP) is 3.12. The van der Waals surface area contributed by atoms with Crippen molar-refractivity contribution in [3.8, 4) is 11.5 Å². The van der Waals surface area contributed by atoms with E-state index in [-0.39, 0.29) is 22.7 Å². The van der Waals surface area contributed by atoms with Gasteiger partial charge in [0, 0.05) is 0 Å². The first kappa shape index (κ1) is 25.6. The lowest BCUT2D eigenvalue weighted by Gasteiger charge is -2.24. The normalized spacial score (nSPS) is 13.7. The molecule has 8 nitrogen and oxygen atoms in total. The van der Waals surface area contributed by atoms with Crippen LogP contribution in [0.25, 0.3) is 0 Å². The maximum Gasteiger partial charge on any atom is 0.326 e. The summed E-state index contributed by atoms with van der Waals surface area (Å²) in [4.78, 5) is 12.4. The van der Waals surface area contributed by atoms with Crippen molar-refractivity contribution >= 4 is 16.0 Å². The number of carbonyl (C=O) groups is 1. The van der Waals surface area contributed by atoms with Gasteiger partial charge in [-0.1, -0.05) is 23.8 Å². The zero-order valence-electron chi connectivity index (χ0n) is 19.2. The highest BCUT2D eigenvalue weighted by molar-refractivity contribution is 7.89. The summed E-state index contributed by atoms with van der Waals surface area (Å²) in [5.41, 5.74) is 1.15. The number of hydrogen-bond acceptors (Lipinski definition) is 7. The maximum absolute atomic E-state index is 12.8. The van der Waals surface area contributed by atoms with Gasteiger partial charge >= 0.3 is 5.97 Å². The van der Waals surface area contributed by atoms with Gasteiger partial charge in [-0.25, -0.2) is 8.42 Å². The van der Waals surface area contributed by atoms with Crippen molar-refractivity contribution in [2.24, 2.45) is 0 Å². The van der Waals surface area contributed by atoms with Crippen molar-refractivity contribution in [1.29, 1.82) is 0 Å². The lowest BCUT2D eigenvalue weighted by molar-refractivity contribution is -0.145. The molecule has 0 aliphatic rings. The molecule has 0 saturated heterocycles. The lowest BCUT2D eigenvalue weighted by Crippen LogP contribution is -2.45. The van der Waals surface area contributed by atoms with Crippen LogP contribution < -0.4 is 14.2 Å². The first-order chi connectivity index (χ1) is 14.9. The molecule has 0 aliphatic heterocycles. The van der Waals surface area contributed by atoms with E-state index >= 15 is 0 Å². The Hall–Kier alpha value is -2.62. The third kappa shape index (κ3) is 6.69. The molecule has 2 unspecified atom stereocenters. The summed E-state index contributed by atoms with van der Waals surface area (Å²) < 4.78 is 44.2. The monoisotopic (exact) mass is 465 g/mol. The van der Waals surface area contributed by atoms with Crippen molar-refractivity contribution in [2.75, 3.05) is 7.11 Å². The van der Waals surface area contributed by atoms with Crippen LogP contribution in [0.1, 0.15) is 44.9 Å². The van der Waals surface area contributed by atoms with E-state index in [9.17, 15) is 18.3 Å². The Morgan fingerprint density at radius 2 is 1.50 bits per heavy atom. The van der Waals surface area contributed by atoms with E-state index in [1.165, 1.54) is 18.2 Å². The minimum Gasteiger partial charge on any atom is -0.487 e. The van der Waals surface area contributed by atoms with E-state index in [1.54, 1.807) is 24.3 Å². The molecule has 2 aromatic rings. The molecule has 0 heterocycles. The van der Waals surface area contributed by atoms with Crippen LogP contribution in [0.2, 0.25) is 0 Å². The third-order valence-electron chi connectivity index (χ3n) is 4.42. The van der Waals surface area contributed by atoms with Gasteiger partial charge in [0.2, 0.25) is 10.0 Å². The van der Waals surface area contributed by atoms with Gasteiger partial charge in [-0.15, -0.1) is 0 Å². The van der Waals surface area contributed by atoms with Crippen LogP contribution in [0.4, 0.5) is 0 Å². The van der Waals surface area contributed by atoms with Gasteiger partial charge in [0.25, 0.3) is 0 Å². The summed E-state index contributed by atoms with van der Waals surface area (Å²) in [7, 11) is -2.98. The van der Waals surface area contributed by atoms with E-state index in [0.29, 0.717) is 11.5 Å². The molecule has 0 fully saturated rings. The molecule has 2 rings (SSSR count). The van der Waals surface area contributed by atoms with Crippen LogP contribution in [0.5, 0.6) is 11.5 Å². The average Bonchev–Trinajstić information content (AvgIpc) is 2.72. The second-order valence-corrected chi connectivity index (χ2v) is 9.63. The van der Waals surface area contributed by atoms with Crippen LogP contribution in [0, 0.1) is 6.92 Å². The van der Waals surface area contributed by atoms with Crippen molar-refractivity contribution in [1.82, 2.24) is 4.72 Å². The summed E-state index contributed by atoms with van der Waals surface area (Å²) in [6, 6.07) is 9.23. The van der Waals surface area contributed by atoms with E-state index in [1.807, 2.05) is 34.6 Å². The molecule has 0 spiro atoms. The van der Waals surface area contributed by atoms with E-state index < -0.39 is 28.1 Å². The Balaban J connectivity index is 2.41. The third-order valence-corrected chi connectivity index (χ3v) is 5.88. The number of sulfonamides is 1. The number of aliphatic hydroxyl groups is 1. The Bertz CT molecular complexity index is 1020. The maximum atomic E-state index is 12.8. The number of nitrogens with one attached hydrogen (secondary N) is 1. The highest BCUT2D eigenvalue weighted by Gasteiger charge is 2.34. The van der Waals surface area contributed by atoms with Crippen molar-refractivity contribution in [3.63, 3.8) is 0 Å². The summed E-state index contributed by atoms with van der Waals surface area (Å²) in [6.45, 7) is 9.25. The Morgan fingerprint density at radius 3 is 2.03 bits per heavy atom. The molecule has 2 N–H and O–H groups in total. The van der Waals surface area contributed by atoms with Gasteiger partial charge in [0.1, 0.15) is 12.1 Å². The summed E-state index contributed by atoms with van der Waals surface area (Å²) in [6.07, 6.45) is -1.82. The Labute approximate surface area is 189 Å². The Kier molecular flexibility index (Phi) is 8.65. The number of ether oxygens (including phenoxy) is 3. The highest BCUT2D eigenvalue weighted by atomic mass is 32.2. The SMILES string of the molecule is COC(=O)C(NS(=O)(=O)c1ccc(C)cc1)C(O)c1ccc(OC(C)C)c(OC(C)C)c1. The van der Waals surface area contributed by atoms with Crippen LogP contribution in [-0.2, 0) is 19.6 Å². The standard InChI is InChI=1S/C23H31NO7S/c1-14(2)30-19-12-9-17(13-20(19)31-15(3)4)22(25)21(23(26)29-6)24-32(27,28)18-10-7-16(5)8-11-18/h7-15,21-22,24-25H,1-6H3. The molecule has 0 amide bonds. The topological polar surface area (TPSA) is 111 Å². The van der Waals surface area contributed by atoms with Crippen molar-refractivity contribution < 1.29 is 32.5 Å². The summed E-state index contributed by atoms with van der Waals surface area (Å²) in [5, 5.41) is 10.9. The van der Waals surface area contributed by atoms with Crippen LogP contribution in [-0.4, -0.2) is 44.9 Å². The van der Waals surface area contributed by atoms with Crippen LogP contribution in [0.3, 0.4) is 0 Å². The fourth-order valence-electron chi connectivity index (χ4n) is 2.92. The number of esters is 1. The molecule has 2 atom stereocenters. The quantitative estimate of drug-likeness (QED) is 0.519. The molecule has 9 heteroatoms. The van der Waals surface area contributed by atoms with E-state index in [0.717, 1.165) is 12.7 Å². The second-order valence-electron chi connectivity index (χ2n) is 7.92. The average molecular weight is 466 g/mol. The molecule has 0 saturated carbocycles. The Morgan fingerprint density at radius 1 is 0.938 bits per heavy atom. The van der Waals surface area contributed by atoms with Crippen molar-refractivity contribution in [3.05, 3.63) is 53.6 Å². The molecule has 32 heavy (non-hydrogen) atoms. The first-order valence-corrected chi connectivity index (χ1v) is 11.7. The predicted molar refractivity (Wildman–Crippen MR) is 120 cm³/mol. The van der Waals surface area contributed by atoms with Gasteiger partial charge < -0.3 is 19.3 Å². The number of methoxy groups -OCH3 is 1. The molecule has 0 aliphatic carbocycles. The summed E-state index contributed by atoms with van der Waals surface area (Å²) >= 11 is 0. The molecule has 0 radical (unpaired) electrons. The van der Waals surface area contributed by atoms with Gasteiger partial charge in [0.05, 0.1) is 24.2 Å². The molecule has 176 valence electrons. The molecule has 0 aromatic heterocycles. The van der Waals surface area contributed by atoms with Gasteiger partial charge in [-0.05, 0) is 64.4 Å². The largest absolute Gasteiger partial charge is 0.487 e. The van der Waals surface area contributed by atoms with Crippen LogP contribution in [0.15, 0.2) is 47.4 Å². The fraction of sp³-hybridized carbons (Fsp3) is 0.435. The van der Waals surface area contributed by atoms with Crippen LogP contribution >= 0.6 is 0 Å². The smallest absolute Gasteiger partial charge is 0.326 e. The highest BCUT2D eigenvalue weighted by Crippen LogP contribution is 2.33. The number of benzene rings is 2. The number of aryl methyl sites for hydroxylation is 1. The molecule has 0 bridgehead atoms. The number of rotatable bonds is 10. The van der Waals surface area contributed by atoms with Gasteiger partial charge in [-0.2, -0.15) is 4.72 Å². The van der Waals surface area contributed by atoms with E-state index in [4.69, 9.17) is 14.2 Å². The van der Waals surface area contributed by atoms with Gasteiger partial charge in [-0.3, -0.25) is 4.79 Å². The fourth-order valence-corrected chi connectivity index (χ4v) is 4.11. The second kappa shape index (κ2) is 10.8. The first-order valence-electron chi connectivity index (χ1n) is 10.3. The lowest BCUT2D eigenvalue weighted by atomic mass is 10.0. The molecule has 2 aromatic carbocycles. The van der Waals surface area contributed by atoms with Gasteiger partial charge in [0.15, 0.2) is 11.5 Å². The van der Waals surface area contributed by atoms with Crippen molar-refractivity contribution in [2.45, 2.75) is 63.9 Å². The minimum atomic E-state index is -4.10. The molecular weight excluding hydrogens is 434 g/mol.